The Morgan fingerprint density at radius 1 is 1.50 bits per heavy atom. The highest BCUT2D eigenvalue weighted by Crippen LogP contribution is 2.21. The van der Waals surface area contributed by atoms with Crippen LogP contribution in [0.3, 0.4) is 0 Å². The van der Waals surface area contributed by atoms with Crippen molar-refractivity contribution >= 4 is 15.8 Å². The molecule has 0 saturated heterocycles. The summed E-state index contributed by atoms with van der Waals surface area (Å²) in [6.07, 6.45) is -3.48. The van der Waals surface area contributed by atoms with Crippen molar-refractivity contribution in [1.29, 1.82) is 0 Å². The Hall–Kier alpha value is -1.39. The fourth-order valence-corrected chi connectivity index (χ4v) is 2.34. The van der Waals surface area contributed by atoms with E-state index in [0.29, 0.717) is 0 Å². The lowest BCUT2D eigenvalue weighted by Gasteiger charge is -2.18. The monoisotopic (exact) mass is 284 g/mol. The van der Waals surface area contributed by atoms with Crippen LogP contribution in [-0.2, 0) is 10.0 Å². The molecule has 0 bridgehead atoms. The molecule has 0 aromatic carbocycles. The minimum Gasteiger partial charge on any atom is -0.308 e. The molecule has 0 fully saturated rings. The van der Waals surface area contributed by atoms with Crippen molar-refractivity contribution in [2.45, 2.75) is 11.1 Å². The molecule has 3 N–H and O–H groups in total. The van der Waals surface area contributed by atoms with Crippen LogP contribution in [0, 0.1) is 0 Å². The normalized spacial score (nSPS) is 12.8. The van der Waals surface area contributed by atoms with Crippen LogP contribution < -0.4 is 11.3 Å². The first-order valence-electron chi connectivity index (χ1n) is 4.62. The van der Waals surface area contributed by atoms with Crippen molar-refractivity contribution in [1.82, 2.24) is 9.29 Å². The number of sulfonamides is 1. The van der Waals surface area contributed by atoms with Gasteiger partial charge in [-0.3, -0.25) is 0 Å². The summed E-state index contributed by atoms with van der Waals surface area (Å²) in [5, 5.41) is 0. The van der Waals surface area contributed by atoms with E-state index in [1.165, 1.54) is 0 Å². The maximum absolute atomic E-state index is 12.1. The number of hydrogen-bond donors (Lipinski definition) is 2. The molecule has 102 valence electrons. The Bertz CT molecular complexity index is 517. The number of rotatable bonds is 4. The molecule has 1 aromatic rings. The summed E-state index contributed by atoms with van der Waals surface area (Å²) in [6, 6.07) is 2.13. The molecular weight excluding hydrogens is 273 g/mol. The van der Waals surface area contributed by atoms with Crippen LogP contribution in [0.15, 0.2) is 23.2 Å². The third-order valence-corrected chi connectivity index (χ3v) is 3.79. The number of anilines is 1. The smallest absolute Gasteiger partial charge is 0.308 e. The van der Waals surface area contributed by atoms with Gasteiger partial charge in [0.1, 0.15) is 12.4 Å². The van der Waals surface area contributed by atoms with E-state index in [4.69, 9.17) is 5.84 Å². The van der Waals surface area contributed by atoms with Crippen molar-refractivity contribution in [3.05, 3.63) is 18.3 Å². The number of alkyl halides is 3. The molecule has 6 nitrogen and oxygen atoms in total. The van der Waals surface area contributed by atoms with Gasteiger partial charge in [0.2, 0.25) is 10.0 Å². The van der Waals surface area contributed by atoms with Gasteiger partial charge >= 0.3 is 6.18 Å². The molecule has 0 radical (unpaired) electrons. The lowest BCUT2D eigenvalue weighted by Crippen LogP contribution is -2.35. The minimum atomic E-state index is -4.61. The van der Waals surface area contributed by atoms with Crippen LogP contribution in [0.25, 0.3) is 0 Å². The fraction of sp³-hybridized carbons (Fsp3) is 0.375. The molecule has 0 atom stereocenters. The molecule has 0 aliphatic heterocycles. The van der Waals surface area contributed by atoms with Crippen molar-refractivity contribution in [3.8, 4) is 0 Å². The van der Waals surface area contributed by atoms with Crippen LogP contribution in [0.5, 0.6) is 0 Å². The van der Waals surface area contributed by atoms with Crippen LogP contribution in [0.4, 0.5) is 19.0 Å². The van der Waals surface area contributed by atoms with Gasteiger partial charge in [-0.15, -0.1) is 0 Å². The lowest BCUT2D eigenvalue weighted by molar-refractivity contribution is -0.134. The Labute approximate surface area is 102 Å². The number of halogens is 3. The SMILES string of the molecule is CN(CC(F)(F)F)S(=O)(=O)c1ccnc(NN)c1. The highest BCUT2D eigenvalue weighted by Gasteiger charge is 2.34. The number of nitrogens with one attached hydrogen (secondary N) is 1. The Kier molecular flexibility index (Phi) is 4.14. The highest BCUT2D eigenvalue weighted by atomic mass is 32.2. The second-order valence-electron chi connectivity index (χ2n) is 3.40. The molecule has 0 unspecified atom stereocenters. The molecule has 10 heteroatoms. The van der Waals surface area contributed by atoms with Crippen molar-refractivity contribution in [2.75, 3.05) is 19.0 Å². The number of hydrogen-bond acceptors (Lipinski definition) is 5. The molecular formula is C8H11F3N4O2S. The zero-order valence-corrected chi connectivity index (χ0v) is 10.1. The predicted molar refractivity (Wildman–Crippen MR) is 57.9 cm³/mol. The van der Waals surface area contributed by atoms with Crippen molar-refractivity contribution < 1.29 is 21.6 Å². The first-order valence-corrected chi connectivity index (χ1v) is 6.06. The van der Waals surface area contributed by atoms with E-state index in [2.05, 4.69) is 10.4 Å². The standard InChI is InChI=1S/C8H11F3N4O2S/c1-15(5-8(9,10)11)18(16,17)6-2-3-13-7(4-6)14-12/h2-4H,5,12H2,1H3,(H,13,14). The largest absolute Gasteiger partial charge is 0.402 e. The van der Waals surface area contributed by atoms with E-state index in [0.717, 1.165) is 25.4 Å². The van der Waals surface area contributed by atoms with Crippen LogP contribution in [0.2, 0.25) is 0 Å². The average Bonchev–Trinajstić information content (AvgIpc) is 2.27. The number of hydrazine groups is 1. The third-order valence-electron chi connectivity index (χ3n) is 1.99. The molecule has 0 aliphatic carbocycles. The van der Waals surface area contributed by atoms with Crippen LogP contribution in [-0.4, -0.2) is 37.5 Å². The summed E-state index contributed by atoms with van der Waals surface area (Å²) in [5.41, 5.74) is 2.11. The van der Waals surface area contributed by atoms with E-state index in [-0.39, 0.29) is 15.0 Å². The molecule has 0 aliphatic rings. The molecule has 18 heavy (non-hydrogen) atoms. The Morgan fingerprint density at radius 3 is 2.61 bits per heavy atom. The molecule has 1 rings (SSSR count). The van der Waals surface area contributed by atoms with E-state index >= 15 is 0 Å². The predicted octanol–water partition coefficient (Wildman–Crippen LogP) is 0.550. The van der Waals surface area contributed by atoms with Crippen LogP contribution >= 0.6 is 0 Å². The summed E-state index contributed by atoms with van der Waals surface area (Å²) >= 11 is 0. The second kappa shape index (κ2) is 5.08. The summed E-state index contributed by atoms with van der Waals surface area (Å²) in [4.78, 5) is 3.34. The zero-order chi connectivity index (χ0) is 14.0. The van der Waals surface area contributed by atoms with Gasteiger partial charge in [-0.1, -0.05) is 0 Å². The molecule has 1 aromatic heterocycles. The Morgan fingerprint density at radius 2 is 2.11 bits per heavy atom. The first-order chi connectivity index (χ1) is 8.16. The van der Waals surface area contributed by atoms with Gasteiger partial charge in [-0.05, 0) is 6.07 Å². The summed E-state index contributed by atoms with van der Waals surface area (Å²) in [5.74, 6) is 5.08. The number of nitrogens with zero attached hydrogens (tertiary/aromatic N) is 2. The third kappa shape index (κ3) is 3.55. The van der Waals surface area contributed by atoms with E-state index < -0.39 is 22.7 Å². The van der Waals surface area contributed by atoms with Gasteiger partial charge in [0.25, 0.3) is 0 Å². The van der Waals surface area contributed by atoms with Crippen LogP contribution in [0.1, 0.15) is 0 Å². The van der Waals surface area contributed by atoms with Crippen molar-refractivity contribution in [3.63, 3.8) is 0 Å². The maximum Gasteiger partial charge on any atom is 0.402 e. The zero-order valence-electron chi connectivity index (χ0n) is 9.27. The van der Waals surface area contributed by atoms with Gasteiger partial charge in [0.05, 0.1) is 4.90 Å². The topological polar surface area (TPSA) is 88.3 Å². The Balaban J connectivity index is 3.05. The molecule has 0 saturated carbocycles. The highest BCUT2D eigenvalue weighted by molar-refractivity contribution is 7.89. The van der Waals surface area contributed by atoms with Gasteiger partial charge in [0, 0.05) is 19.3 Å². The summed E-state index contributed by atoms with van der Waals surface area (Å²) in [7, 11) is -3.38. The van der Waals surface area contributed by atoms with Gasteiger partial charge in [-0.2, -0.15) is 17.5 Å². The number of nitrogens with two attached hydrogens (primary N) is 1. The second-order valence-corrected chi connectivity index (χ2v) is 5.44. The number of aromatic nitrogens is 1. The number of pyridine rings is 1. The maximum atomic E-state index is 12.1. The number of nitrogen functional groups attached to an aromatic ring is 1. The fourth-order valence-electron chi connectivity index (χ4n) is 1.17. The van der Waals surface area contributed by atoms with E-state index in [9.17, 15) is 21.6 Å². The molecule has 1 heterocycles. The van der Waals surface area contributed by atoms with Gasteiger partial charge in [-0.25, -0.2) is 19.2 Å². The minimum absolute atomic E-state index is 0.0384. The summed E-state index contributed by atoms with van der Waals surface area (Å²) in [6.45, 7) is -1.57. The molecule has 0 spiro atoms. The summed E-state index contributed by atoms with van der Waals surface area (Å²) < 4.78 is 60.3. The lowest BCUT2D eigenvalue weighted by atomic mass is 10.5. The average molecular weight is 284 g/mol. The quantitative estimate of drug-likeness (QED) is 0.622. The van der Waals surface area contributed by atoms with Crippen molar-refractivity contribution in [2.24, 2.45) is 5.84 Å². The van der Waals surface area contributed by atoms with Gasteiger partial charge < -0.3 is 5.43 Å². The van der Waals surface area contributed by atoms with Gasteiger partial charge in [0.15, 0.2) is 0 Å². The molecule has 0 amide bonds. The first kappa shape index (κ1) is 14.7. The van der Waals surface area contributed by atoms with E-state index in [1.54, 1.807) is 0 Å². The van der Waals surface area contributed by atoms with E-state index in [1.807, 2.05) is 0 Å².